The van der Waals surface area contributed by atoms with Crippen molar-refractivity contribution in [3.63, 3.8) is 0 Å². The second kappa shape index (κ2) is 4.26. The maximum absolute atomic E-state index is 5.65. The maximum Gasteiger partial charge on any atom is 0.134 e. The summed E-state index contributed by atoms with van der Waals surface area (Å²) in [5, 5.41) is 1.29. The number of hydrogen-bond acceptors (Lipinski definition) is 5. The van der Waals surface area contributed by atoms with Gasteiger partial charge in [-0.05, 0) is 0 Å². The smallest absolute Gasteiger partial charge is 0.134 e. The van der Waals surface area contributed by atoms with Gasteiger partial charge in [0.25, 0.3) is 0 Å². The van der Waals surface area contributed by atoms with E-state index in [4.69, 9.17) is 5.73 Å². The fraction of sp³-hybridized carbons (Fsp3) is 0.600. The Bertz CT molecular complexity index is 334. The molecular weight excluding hydrogens is 208 g/mol. The second-order valence-corrected chi connectivity index (χ2v) is 5.85. The van der Waals surface area contributed by atoms with Gasteiger partial charge in [0.1, 0.15) is 18.0 Å². The third-order valence-corrected chi connectivity index (χ3v) is 3.64. The predicted molar refractivity (Wildman–Crippen MR) is 65.2 cm³/mol. The van der Waals surface area contributed by atoms with Crippen molar-refractivity contribution in [3.8, 4) is 0 Å². The van der Waals surface area contributed by atoms with E-state index in [2.05, 4.69) is 28.7 Å². The molecule has 2 N–H and O–H groups in total. The summed E-state index contributed by atoms with van der Waals surface area (Å²) >= 11 is 2.03. The Morgan fingerprint density at radius 2 is 2.00 bits per heavy atom. The van der Waals surface area contributed by atoms with Gasteiger partial charge in [0.15, 0.2) is 0 Å². The highest BCUT2D eigenvalue weighted by Gasteiger charge is 2.23. The van der Waals surface area contributed by atoms with Crippen molar-refractivity contribution in [2.75, 3.05) is 23.7 Å². The molecule has 0 saturated carbocycles. The second-order valence-electron chi connectivity index (χ2n) is 3.96. The first-order valence-corrected chi connectivity index (χ1v) is 6.07. The number of hydrogen-bond donors (Lipinski definition) is 1. The number of nitrogens with zero attached hydrogens (tertiary/aromatic N) is 3. The molecule has 2 atom stereocenters. The molecule has 1 aliphatic heterocycles. The number of aromatic nitrogens is 2. The lowest BCUT2D eigenvalue weighted by Gasteiger charge is -2.35. The zero-order chi connectivity index (χ0) is 10.8. The number of thioether (sulfide) groups is 1. The summed E-state index contributed by atoms with van der Waals surface area (Å²) in [6.45, 7) is 6.56. The fourth-order valence-electron chi connectivity index (χ4n) is 1.90. The average molecular weight is 224 g/mol. The molecule has 0 aromatic carbocycles. The zero-order valence-corrected chi connectivity index (χ0v) is 9.87. The van der Waals surface area contributed by atoms with Gasteiger partial charge >= 0.3 is 0 Å². The Kier molecular flexibility index (Phi) is 3.00. The Hall–Kier alpha value is -0.970. The maximum atomic E-state index is 5.65. The summed E-state index contributed by atoms with van der Waals surface area (Å²) < 4.78 is 0. The molecule has 1 aromatic heterocycles. The molecule has 1 aromatic rings. The third kappa shape index (κ3) is 2.53. The van der Waals surface area contributed by atoms with Crippen LogP contribution < -0.4 is 10.6 Å². The number of rotatable bonds is 1. The van der Waals surface area contributed by atoms with E-state index in [0.29, 0.717) is 16.3 Å². The molecule has 0 amide bonds. The first-order chi connectivity index (χ1) is 7.15. The van der Waals surface area contributed by atoms with Crippen molar-refractivity contribution >= 4 is 23.4 Å². The molecule has 0 aliphatic carbocycles. The Labute approximate surface area is 94.3 Å². The van der Waals surface area contributed by atoms with E-state index >= 15 is 0 Å². The molecule has 0 radical (unpaired) electrons. The SMILES string of the molecule is CC1CN(c2cc(N)ncn2)CC(C)S1. The van der Waals surface area contributed by atoms with Crippen molar-refractivity contribution in [2.45, 2.75) is 24.3 Å². The van der Waals surface area contributed by atoms with Gasteiger partial charge in [-0.2, -0.15) is 11.8 Å². The summed E-state index contributed by atoms with van der Waals surface area (Å²) in [5.41, 5.74) is 5.65. The van der Waals surface area contributed by atoms with Crippen LogP contribution >= 0.6 is 11.8 Å². The van der Waals surface area contributed by atoms with Gasteiger partial charge < -0.3 is 10.6 Å². The van der Waals surface area contributed by atoms with Gasteiger partial charge in [0.2, 0.25) is 0 Å². The Balaban J connectivity index is 2.16. The molecule has 1 fully saturated rings. The molecular formula is C10H16N4S. The van der Waals surface area contributed by atoms with Gasteiger partial charge in [-0.25, -0.2) is 9.97 Å². The summed E-state index contributed by atoms with van der Waals surface area (Å²) in [6, 6.07) is 1.84. The Morgan fingerprint density at radius 3 is 2.60 bits per heavy atom. The predicted octanol–water partition coefficient (Wildman–Crippen LogP) is 1.39. The molecule has 4 nitrogen and oxygen atoms in total. The average Bonchev–Trinajstić information content (AvgIpc) is 2.16. The van der Waals surface area contributed by atoms with Crippen LogP contribution in [0.15, 0.2) is 12.4 Å². The topological polar surface area (TPSA) is 55.0 Å². The molecule has 82 valence electrons. The van der Waals surface area contributed by atoms with Crippen LogP contribution in [0.1, 0.15) is 13.8 Å². The van der Waals surface area contributed by atoms with Crippen LogP contribution in [0.3, 0.4) is 0 Å². The van der Waals surface area contributed by atoms with E-state index in [1.54, 1.807) is 0 Å². The number of anilines is 2. The molecule has 5 heteroatoms. The molecule has 0 bridgehead atoms. The van der Waals surface area contributed by atoms with Crippen LogP contribution in [0.5, 0.6) is 0 Å². The van der Waals surface area contributed by atoms with Gasteiger partial charge in [-0.15, -0.1) is 0 Å². The lowest BCUT2D eigenvalue weighted by Crippen LogP contribution is -2.40. The molecule has 2 rings (SSSR count). The molecule has 2 unspecified atom stereocenters. The minimum Gasteiger partial charge on any atom is -0.384 e. The molecule has 0 spiro atoms. The molecule has 15 heavy (non-hydrogen) atoms. The van der Waals surface area contributed by atoms with Gasteiger partial charge in [0.05, 0.1) is 0 Å². The number of nitrogens with two attached hydrogens (primary N) is 1. The van der Waals surface area contributed by atoms with Crippen LogP contribution in [0.4, 0.5) is 11.6 Å². The normalized spacial score (nSPS) is 26.7. The molecule has 2 heterocycles. The van der Waals surface area contributed by atoms with Crippen LogP contribution in [0.2, 0.25) is 0 Å². The van der Waals surface area contributed by atoms with E-state index in [1.807, 2.05) is 17.8 Å². The van der Waals surface area contributed by atoms with E-state index < -0.39 is 0 Å². The van der Waals surface area contributed by atoms with Gasteiger partial charge in [0, 0.05) is 29.7 Å². The highest BCUT2D eigenvalue weighted by atomic mass is 32.2. The summed E-state index contributed by atoms with van der Waals surface area (Å²) in [5.74, 6) is 1.49. The number of nitrogen functional groups attached to an aromatic ring is 1. The van der Waals surface area contributed by atoms with Crippen molar-refractivity contribution in [2.24, 2.45) is 0 Å². The van der Waals surface area contributed by atoms with E-state index in [9.17, 15) is 0 Å². The minimum absolute atomic E-state index is 0.540. The van der Waals surface area contributed by atoms with Gasteiger partial charge in [-0.1, -0.05) is 13.8 Å². The van der Waals surface area contributed by atoms with Crippen molar-refractivity contribution in [3.05, 3.63) is 12.4 Å². The molecule has 1 aliphatic rings. The standard InChI is InChI=1S/C10H16N4S/c1-7-4-14(5-8(2)15-7)10-3-9(11)12-6-13-10/h3,6-8H,4-5H2,1-2H3,(H2,11,12,13). The first-order valence-electron chi connectivity index (χ1n) is 5.13. The summed E-state index contributed by atoms with van der Waals surface area (Å²) in [6.07, 6.45) is 1.53. The van der Waals surface area contributed by atoms with Crippen molar-refractivity contribution in [1.82, 2.24) is 9.97 Å². The largest absolute Gasteiger partial charge is 0.384 e. The first kappa shape index (κ1) is 10.5. The van der Waals surface area contributed by atoms with E-state index in [1.165, 1.54) is 6.33 Å². The van der Waals surface area contributed by atoms with Crippen molar-refractivity contribution < 1.29 is 0 Å². The van der Waals surface area contributed by atoms with Crippen LogP contribution in [0, 0.1) is 0 Å². The highest BCUT2D eigenvalue weighted by Crippen LogP contribution is 2.27. The van der Waals surface area contributed by atoms with E-state index in [-0.39, 0.29) is 0 Å². The third-order valence-electron chi connectivity index (χ3n) is 2.42. The quantitative estimate of drug-likeness (QED) is 0.781. The van der Waals surface area contributed by atoms with E-state index in [0.717, 1.165) is 18.9 Å². The minimum atomic E-state index is 0.540. The van der Waals surface area contributed by atoms with Crippen LogP contribution in [-0.4, -0.2) is 33.6 Å². The van der Waals surface area contributed by atoms with Crippen molar-refractivity contribution in [1.29, 1.82) is 0 Å². The molecule has 1 saturated heterocycles. The lowest BCUT2D eigenvalue weighted by molar-refractivity contribution is 0.717. The van der Waals surface area contributed by atoms with Gasteiger partial charge in [-0.3, -0.25) is 0 Å². The Morgan fingerprint density at radius 1 is 1.33 bits per heavy atom. The highest BCUT2D eigenvalue weighted by molar-refractivity contribution is 8.00. The van der Waals surface area contributed by atoms with Crippen LogP contribution in [0.25, 0.3) is 0 Å². The lowest BCUT2D eigenvalue weighted by atomic mass is 10.3. The monoisotopic (exact) mass is 224 g/mol. The van der Waals surface area contributed by atoms with Crippen LogP contribution in [-0.2, 0) is 0 Å². The fourth-order valence-corrected chi connectivity index (χ4v) is 3.22. The zero-order valence-electron chi connectivity index (χ0n) is 9.05. The summed E-state index contributed by atoms with van der Waals surface area (Å²) in [4.78, 5) is 10.4. The summed E-state index contributed by atoms with van der Waals surface area (Å²) in [7, 11) is 0.